The van der Waals surface area contributed by atoms with Crippen molar-refractivity contribution in [3.05, 3.63) is 68.7 Å². The van der Waals surface area contributed by atoms with E-state index in [0.29, 0.717) is 16.1 Å². The van der Waals surface area contributed by atoms with Gasteiger partial charge < -0.3 is 0 Å². The van der Waals surface area contributed by atoms with E-state index in [1.165, 1.54) is 6.07 Å². The maximum atomic E-state index is 13.0. The molecule has 112 valence electrons. The van der Waals surface area contributed by atoms with Gasteiger partial charge in [-0.2, -0.15) is 13.2 Å². The van der Waals surface area contributed by atoms with Crippen LogP contribution in [0.15, 0.2) is 46.9 Å². The number of hydrogen-bond acceptors (Lipinski definition) is 2. The first kappa shape index (κ1) is 16.3. The molecule has 0 heterocycles. The van der Waals surface area contributed by atoms with Crippen molar-refractivity contribution in [2.45, 2.75) is 12.2 Å². The highest BCUT2D eigenvalue weighted by atomic mass is 79.9. The van der Waals surface area contributed by atoms with E-state index in [1.54, 1.807) is 30.3 Å². The van der Waals surface area contributed by atoms with E-state index in [4.69, 9.17) is 17.4 Å². The fraction of sp³-hybridized carbons (Fsp3) is 0.143. The summed E-state index contributed by atoms with van der Waals surface area (Å²) in [7, 11) is 0. The Morgan fingerprint density at radius 2 is 1.76 bits per heavy atom. The molecule has 2 rings (SSSR count). The van der Waals surface area contributed by atoms with Crippen LogP contribution in [0.25, 0.3) is 0 Å². The molecule has 0 bridgehead atoms. The summed E-state index contributed by atoms with van der Waals surface area (Å²) in [6.07, 6.45) is -4.44. The van der Waals surface area contributed by atoms with Gasteiger partial charge in [0.15, 0.2) is 0 Å². The molecule has 7 heteroatoms. The molecule has 21 heavy (non-hydrogen) atoms. The third kappa shape index (κ3) is 3.77. The van der Waals surface area contributed by atoms with E-state index in [-0.39, 0.29) is 4.47 Å². The SMILES string of the molecule is NNC(c1cccc(Cl)c1)c1ccc(Br)c(C(F)(F)F)c1. The van der Waals surface area contributed by atoms with Crippen molar-refractivity contribution in [3.63, 3.8) is 0 Å². The summed E-state index contributed by atoms with van der Waals surface area (Å²) < 4.78 is 38.9. The van der Waals surface area contributed by atoms with E-state index in [9.17, 15) is 13.2 Å². The van der Waals surface area contributed by atoms with E-state index < -0.39 is 17.8 Å². The summed E-state index contributed by atoms with van der Waals surface area (Å²) in [5.41, 5.74) is 2.85. The van der Waals surface area contributed by atoms with Gasteiger partial charge in [0, 0.05) is 9.50 Å². The van der Waals surface area contributed by atoms with Crippen LogP contribution in [-0.2, 0) is 6.18 Å². The second kappa shape index (κ2) is 6.36. The Balaban J connectivity index is 2.49. The molecule has 1 atom stereocenters. The van der Waals surface area contributed by atoms with Crippen LogP contribution in [0.2, 0.25) is 5.02 Å². The van der Waals surface area contributed by atoms with Crippen LogP contribution in [0.1, 0.15) is 22.7 Å². The number of benzene rings is 2. The van der Waals surface area contributed by atoms with E-state index in [0.717, 1.165) is 6.07 Å². The standard InChI is InChI=1S/C14H11BrClF3N2/c15-12-5-4-9(7-11(12)14(17,18)19)13(21-20)8-2-1-3-10(16)6-8/h1-7,13,21H,20H2. The Bertz CT molecular complexity index is 646. The number of rotatable bonds is 3. The summed E-state index contributed by atoms with van der Waals surface area (Å²) in [6, 6.07) is 10.2. The molecule has 0 radical (unpaired) electrons. The number of hydrogen-bond donors (Lipinski definition) is 2. The van der Waals surface area contributed by atoms with Gasteiger partial charge in [-0.15, -0.1) is 0 Å². The summed E-state index contributed by atoms with van der Waals surface area (Å²) >= 11 is 8.82. The van der Waals surface area contributed by atoms with Crippen LogP contribution >= 0.6 is 27.5 Å². The largest absolute Gasteiger partial charge is 0.417 e. The van der Waals surface area contributed by atoms with Gasteiger partial charge in [0.25, 0.3) is 0 Å². The van der Waals surface area contributed by atoms with Gasteiger partial charge >= 0.3 is 6.18 Å². The highest BCUT2D eigenvalue weighted by Gasteiger charge is 2.33. The molecule has 0 spiro atoms. The quantitative estimate of drug-likeness (QED) is 0.600. The average molecular weight is 380 g/mol. The molecule has 2 aromatic rings. The Hall–Kier alpha value is -1.08. The zero-order chi connectivity index (χ0) is 15.6. The molecule has 3 N–H and O–H groups in total. The number of nitrogens with two attached hydrogens (primary N) is 1. The molecule has 0 aromatic heterocycles. The zero-order valence-corrected chi connectivity index (χ0v) is 12.9. The lowest BCUT2D eigenvalue weighted by atomic mass is 9.97. The van der Waals surface area contributed by atoms with Crippen molar-refractivity contribution in [1.82, 2.24) is 5.43 Å². The third-order valence-electron chi connectivity index (χ3n) is 2.98. The van der Waals surface area contributed by atoms with Crippen molar-refractivity contribution in [2.75, 3.05) is 0 Å². The summed E-state index contributed by atoms with van der Waals surface area (Å²) in [4.78, 5) is 0. The Kier molecular flexibility index (Phi) is 4.93. The normalized spacial score (nSPS) is 13.2. The molecular formula is C14H11BrClF3N2. The first-order valence-corrected chi connectivity index (χ1v) is 7.08. The zero-order valence-electron chi connectivity index (χ0n) is 10.6. The predicted octanol–water partition coefficient (Wildman–Crippen LogP) is 4.67. The summed E-state index contributed by atoms with van der Waals surface area (Å²) in [5.74, 6) is 5.50. The van der Waals surface area contributed by atoms with Crippen molar-refractivity contribution in [3.8, 4) is 0 Å². The van der Waals surface area contributed by atoms with Crippen LogP contribution in [0.5, 0.6) is 0 Å². The van der Waals surface area contributed by atoms with Crippen molar-refractivity contribution < 1.29 is 13.2 Å². The highest BCUT2D eigenvalue weighted by molar-refractivity contribution is 9.10. The minimum absolute atomic E-state index is 0.0133. The molecule has 2 nitrogen and oxygen atoms in total. The molecule has 0 aliphatic heterocycles. The Labute approximate surface area is 133 Å². The predicted molar refractivity (Wildman–Crippen MR) is 79.8 cm³/mol. The van der Waals surface area contributed by atoms with E-state index in [2.05, 4.69) is 21.4 Å². The summed E-state index contributed by atoms with van der Waals surface area (Å²) in [6.45, 7) is 0. The minimum Gasteiger partial charge on any atom is -0.271 e. The minimum atomic E-state index is -4.44. The fourth-order valence-corrected chi connectivity index (χ4v) is 2.68. The smallest absolute Gasteiger partial charge is 0.271 e. The van der Waals surface area contributed by atoms with Crippen LogP contribution in [-0.4, -0.2) is 0 Å². The number of alkyl halides is 3. The lowest BCUT2D eigenvalue weighted by molar-refractivity contribution is -0.138. The van der Waals surface area contributed by atoms with Gasteiger partial charge in [-0.25, -0.2) is 5.43 Å². The second-order valence-electron chi connectivity index (χ2n) is 4.39. The molecular weight excluding hydrogens is 369 g/mol. The first-order valence-electron chi connectivity index (χ1n) is 5.91. The highest BCUT2D eigenvalue weighted by Crippen LogP contribution is 2.37. The maximum absolute atomic E-state index is 13.0. The third-order valence-corrected chi connectivity index (χ3v) is 3.90. The topological polar surface area (TPSA) is 38.0 Å². The van der Waals surface area contributed by atoms with E-state index >= 15 is 0 Å². The lowest BCUT2D eigenvalue weighted by Gasteiger charge is -2.19. The Morgan fingerprint density at radius 3 is 2.33 bits per heavy atom. The maximum Gasteiger partial charge on any atom is 0.417 e. The van der Waals surface area contributed by atoms with Gasteiger partial charge in [-0.3, -0.25) is 5.84 Å². The number of nitrogens with one attached hydrogen (secondary N) is 1. The van der Waals surface area contributed by atoms with Gasteiger partial charge in [-0.1, -0.05) is 45.7 Å². The monoisotopic (exact) mass is 378 g/mol. The number of hydrazine groups is 1. The lowest BCUT2D eigenvalue weighted by Crippen LogP contribution is -2.29. The first-order chi connectivity index (χ1) is 9.82. The van der Waals surface area contributed by atoms with Gasteiger partial charge in [0.2, 0.25) is 0 Å². The average Bonchev–Trinajstić information content (AvgIpc) is 2.40. The van der Waals surface area contributed by atoms with Gasteiger partial charge in [-0.05, 0) is 35.4 Å². The molecule has 1 unspecified atom stereocenters. The molecule has 2 aromatic carbocycles. The van der Waals surface area contributed by atoms with Crippen LogP contribution in [0.4, 0.5) is 13.2 Å². The summed E-state index contributed by atoms with van der Waals surface area (Å²) in [5, 5.41) is 0.487. The van der Waals surface area contributed by atoms with Gasteiger partial charge in [0.05, 0.1) is 11.6 Å². The number of halogens is 5. The van der Waals surface area contributed by atoms with E-state index in [1.807, 2.05) is 0 Å². The van der Waals surface area contributed by atoms with Crippen molar-refractivity contribution in [1.29, 1.82) is 0 Å². The second-order valence-corrected chi connectivity index (χ2v) is 5.68. The molecule has 0 fully saturated rings. The molecule has 0 aliphatic rings. The van der Waals surface area contributed by atoms with Crippen molar-refractivity contribution in [2.24, 2.45) is 5.84 Å². The van der Waals surface area contributed by atoms with Crippen molar-refractivity contribution >= 4 is 27.5 Å². The molecule has 0 saturated carbocycles. The Morgan fingerprint density at radius 1 is 1.10 bits per heavy atom. The van der Waals surface area contributed by atoms with Crippen LogP contribution < -0.4 is 11.3 Å². The van der Waals surface area contributed by atoms with Crippen LogP contribution in [0.3, 0.4) is 0 Å². The molecule has 0 saturated heterocycles. The van der Waals surface area contributed by atoms with Gasteiger partial charge in [0.1, 0.15) is 0 Å². The fourth-order valence-electron chi connectivity index (χ4n) is 2.01. The molecule has 0 amide bonds. The molecule has 0 aliphatic carbocycles. The van der Waals surface area contributed by atoms with Crippen LogP contribution in [0, 0.1) is 0 Å².